The van der Waals surface area contributed by atoms with E-state index in [0.29, 0.717) is 11.1 Å². The molecule has 86 valence electrons. The maximum atomic E-state index is 11.2. The number of carboxylic acids is 1. The minimum Gasteiger partial charge on any atom is -0.508 e. The molecular formula is C13H11NO3. The van der Waals surface area contributed by atoms with E-state index in [2.05, 4.69) is 0 Å². The number of nitrogen functional groups attached to an aromatic ring is 1. The number of carbonyl (C=O) groups is 1. The SMILES string of the molecule is Nc1cccc(-c2cccc(O)c2)c1C(=O)O. The van der Waals surface area contributed by atoms with Gasteiger partial charge in [0.05, 0.1) is 5.56 Å². The molecule has 2 aromatic carbocycles. The van der Waals surface area contributed by atoms with E-state index in [9.17, 15) is 9.90 Å². The summed E-state index contributed by atoms with van der Waals surface area (Å²) in [5, 5.41) is 18.5. The van der Waals surface area contributed by atoms with Crippen molar-refractivity contribution in [2.24, 2.45) is 0 Å². The molecule has 0 atom stereocenters. The van der Waals surface area contributed by atoms with E-state index in [1.54, 1.807) is 24.3 Å². The number of benzene rings is 2. The number of nitrogens with two attached hydrogens (primary N) is 1. The first-order chi connectivity index (χ1) is 8.09. The van der Waals surface area contributed by atoms with Crippen LogP contribution in [-0.2, 0) is 0 Å². The standard InChI is InChI=1S/C13H11NO3/c14-11-6-2-5-10(12(11)13(16)17)8-3-1-4-9(15)7-8/h1-7,15H,14H2,(H,16,17). The number of hydrogen-bond donors (Lipinski definition) is 3. The van der Waals surface area contributed by atoms with Crippen LogP contribution >= 0.6 is 0 Å². The highest BCUT2D eigenvalue weighted by Gasteiger charge is 2.14. The van der Waals surface area contributed by atoms with Gasteiger partial charge < -0.3 is 15.9 Å². The minimum absolute atomic E-state index is 0.0538. The Kier molecular flexibility index (Phi) is 2.70. The molecular weight excluding hydrogens is 218 g/mol. The first-order valence-corrected chi connectivity index (χ1v) is 5.01. The lowest BCUT2D eigenvalue weighted by Gasteiger charge is -2.09. The van der Waals surface area contributed by atoms with Crippen molar-refractivity contribution in [1.82, 2.24) is 0 Å². The maximum Gasteiger partial charge on any atom is 0.338 e. The summed E-state index contributed by atoms with van der Waals surface area (Å²) in [5.74, 6) is -0.997. The molecule has 4 N–H and O–H groups in total. The lowest BCUT2D eigenvalue weighted by Crippen LogP contribution is -2.04. The van der Waals surface area contributed by atoms with Crippen molar-refractivity contribution in [3.63, 3.8) is 0 Å². The van der Waals surface area contributed by atoms with Crippen molar-refractivity contribution in [2.75, 3.05) is 5.73 Å². The number of phenols is 1. The van der Waals surface area contributed by atoms with Crippen LogP contribution in [0.4, 0.5) is 5.69 Å². The third-order valence-electron chi connectivity index (χ3n) is 2.47. The summed E-state index contributed by atoms with van der Waals surface area (Å²) in [6.07, 6.45) is 0. The van der Waals surface area contributed by atoms with Crippen LogP contribution < -0.4 is 5.73 Å². The quantitative estimate of drug-likeness (QED) is 0.690. The first-order valence-electron chi connectivity index (χ1n) is 5.01. The van der Waals surface area contributed by atoms with E-state index in [4.69, 9.17) is 10.8 Å². The van der Waals surface area contributed by atoms with E-state index in [1.807, 2.05) is 0 Å². The largest absolute Gasteiger partial charge is 0.508 e. The highest BCUT2D eigenvalue weighted by molar-refractivity contribution is 6.01. The monoisotopic (exact) mass is 229 g/mol. The van der Waals surface area contributed by atoms with Crippen LogP contribution in [0.2, 0.25) is 0 Å². The summed E-state index contributed by atoms with van der Waals surface area (Å²) in [6.45, 7) is 0. The van der Waals surface area contributed by atoms with Gasteiger partial charge in [-0.25, -0.2) is 4.79 Å². The Morgan fingerprint density at radius 3 is 2.47 bits per heavy atom. The van der Waals surface area contributed by atoms with Gasteiger partial charge in [-0.1, -0.05) is 24.3 Å². The van der Waals surface area contributed by atoms with E-state index in [-0.39, 0.29) is 17.0 Å². The highest BCUT2D eigenvalue weighted by atomic mass is 16.4. The van der Waals surface area contributed by atoms with Crippen LogP contribution in [0.1, 0.15) is 10.4 Å². The number of hydrogen-bond acceptors (Lipinski definition) is 3. The van der Waals surface area contributed by atoms with Gasteiger partial charge in [0.1, 0.15) is 5.75 Å². The van der Waals surface area contributed by atoms with Crippen LogP contribution in [0.15, 0.2) is 42.5 Å². The summed E-state index contributed by atoms with van der Waals surface area (Å²) >= 11 is 0. The zero-order valence-electron chi connectivity index (χ0n) is 8.92. The topological polar surface area (TPSA) is 83.5 Å². The Labute approximate surface area is 97.9 Å². The first kappa shape index (κ1) is 11.0. The summed E-state index contributed by atoms with van der Waals surface area (Å²) in [6, 6.07) is 11.3. The highest BCUT2D eigenvalue weighted by Crippen LogP contribution is 2.29. The molecule has 17 heavy (non-hydrogen) atoms. The average molecular weight is 229 g/mol. The molecule has 0 aliphatic carbocycles. The molecule has 0 saturated heterocycles. The fraction of sp³-hybridized carbons (Fsp3) is 0. The van der Waals surface area contributed by atoms with Gasteiger partial charge in [0.25, 0.3) is 0 Å². The molecule has 0 aromatic heterocycles. The van der Waals surface area contributed by atoms with Crippen molar-refractivity contribution in [2.45, 2.75) is 0 Å². The summed E-state index contributed by atoms with van der Waals surface area (Å²) < 4.78 is 0. The average Bonchev–Trinajstić information content (AvgIpc) is 2.28. The Morgan fingerprint density at radius 2 is 1.82 bits per heavy atom. The Balaban J connectivity index is 2.67. The van der Waals surface area contributed by atoms with E-state index >= 15 is 0 Å². The summed E-state index contributed by atoms with van der Waals surface area (Å²) in [7, 11) is 0. The second kappa shape index (κ2) is 4.17. The van der Waals surface area contributed by atoms with Gasteiger partial charge in [-0.15, -0.1) is 0 Å². The molecule has 0 fully saturated rings. The number of phenolic OH excluding ortho intramolecular Hbond substituents is 1. The Hall–Kier alpha value is -2.49. The predicted octanol–water partition coefficient (Wildman–Crippen LogP) is 2.34. The molecule has 0 amide bonds. The molecule has 0 bridgehead atoms. The molecule has 0 saturated carbocycles. The number of aromatic carboxylic acids is 1. The zero-order valence-corrected chi connectivity index (χ0v) is 8.92. The van der Waals surface area contributed by atoms with Crippen LogP contribution in [0, 0.1) is 0 Å². The molecule has 0 radical (unpaired) electrons. The molecule has 0 aliphatic heterocycles. The summed E-state index contributed by atoms with van der Waals surface area (Å²) in [5.41, 5.74) is 7.03. The van der Waals surface area contributed by atoms with Gasteiger partial charge >= 0.3 is 5.97 Å². The van der Waals surface area contributed by atoms with Gasteiger partial charge in [-0.05, 0) is 29.3 Å². The maximum absolute atomic E-state index is 11.2. The molecule has 0 aliphatic rings. The fourth-order valence-electron chi connectivity index (χ4n) is 1.72. The van der Waals surface area contributed by atoms with Crippen LogP contribution in [0.25, 0.3) is 11.1 Å². The van der Waals surface area contributed by atoms with Gasteiger partial charge in [0.15, 0.2) is 0 Å². The van der Waals surface area contributed by atoms with Crippen molar-refractivity contribution in [3.05, 3.63) is 48.0 Å². The Morgan fingerprint density at radius 1 is 1.12 bits per heavy atom. The van der Waals surface area contributed by atoms with Gasteiger partial charge in [-0.3, -0.25) is 0 Å². The molecule has 0 unspecified atom stereocenters. The van der Waals surface area contributed by atoms with Gasteiger partial charge in [-0.2, -0.15) is 0 Å². The number of aromatic hydroxyl groups is 1. The molecule has 4 nitrogen and oxygen atoms in total. The van der Waals surface area contributed by atoms with Gasteiger partial charge in [0.2, 0.25) is 0 Å². The zero-order chi connectivity index (χ0) is 12.4. The van der Waals surface area contributed by atoms with Crippen LogP contribution in [0.5, 0.6) is 5.75 Å². The third kappa shape index (κ3) is 2.06. The third-order valence-corrected chi connectivity index (χ3v) is 2.47. The fourth-order valence-corrected chi connectivity index (χ4v) is 1.72. The summed E-state index contributed by atoms with van der Waals surface area (Å²) in [4.78, 5) is 11.2. The molecule has 2 rings (SSSR count). The smallest absolute Gasteiger partial charge is 0.338 e. The van der Waals surface area contributed by atoms with Crippen molar-refractivity contribution < 1.29 is 15.0 Å². The molecule has 0 spiro atoms. The number of rotatable bonds is 2. The number of anilines is 1. The van der Waals surface area contributed by atoms with Crippen LogP contribution in [0.3, 0.4) is 0 Å². The second-order valence-electron chi connectivity index (χ2n) is 3.63. The molecule has 4 heteroatoms. The number of carboxylic acid groups (broad SMARTS) is 1. The van der Waals surface area contributed by atoms with E-state index < -0.39 is 5.97 Å². The lowest BCUT2D eigenvalue weighted by molar-refractivity contribution is 0.0699. The van der Waals surface area contributed by atoms with E-state index in [1.165, 1.54) is 18.2 Å². The molecule has 0 heterocycles. The normalized spacial score (nSPS) is 10.1. The minimum atomic E-state index is -1.08. The van der Waals surface area contributed by atoms with Crippen molar-refractivity contribution in [1.29, 1.82) is 0 Å². The van der Waals surface area contributed by atoms with Gasteiger partial charge in [0, 0.05) is 5.69 Å². The second-order valence-corrected chi connectivity index (χ2v) is 3.63. The molecule has 2 aromatic rings. The predicted molar refractivity (Wildman–Crippen MR) is 64.9 cm³/mol. The van der Waals surface area contributed by atoms with Crippen molar-refractivity contribution in [3.8, 4) is 16.9 Å². The Bertz CT molecular complexity index is 579. The van der Waals surface area contributed by atoms with E-state index in [0.717, 1.165) is 0 Å². The lowest BCUT2D eigenvalue weighted by atomic mass is 9.98. The van der Waals surface area contributed by atoms with Crippen molar-refractivity contribution >= 4 is 11.7 Å². The van der Waals surface area contributed by atoms with Crippen LogP contribution in [-0.4, -0.2) is 16.2 Å².